The maximum atomic E-state index is 13.9. The second kappa shape index (κ2) is 32.8. The zero-order valence-corrected chi connectivity index (χ0v) is 54.9. The number of nitrogens with zero attached hydrogens (tertiary/aromatic N) is 14. The Morgan fingerprint density at radius 2 is 1.12 bits per heavy atom. The maximum absolute atomic E-state index is 13.9. The minimum absolute atomic E-state index is 0. The highest BCUT2D eigenvalue weighted by atomic mass is 35.5. The molecule has 0 aliphatic carbocycles. The lowest BCUT2D eigenvalue weighted by molar-refractivity contribution is -0.116. The smallest absolute Gasteiger partial charge is 0.246 e. The van der Waals surface area contributed by atoms with E-state index in [0.29, 0.717) is 41.9 Å². The molecule has 2 atom stereocenters. The molecular formula is C60H72Cl4F4N18O2S2. The number of likely N-dealkylation sites (tertiary alicyclic amines) is 2. The molecule has 2 unspecified atom stereocenters. The van der Waals surface area contributed by atoms with Crippen molar-refractivity contribution in [2.24, 2.45) is 11.8 Å². The van der Waals surface area contributed by atoms with E-state index in [1.807, 2.05) is 41.2 Å². The second-order valence-electron chi connectivity index (χ2n) is 22.1. The van der Waals surface area contributed by atoms with E-state index in [1.54, 1.807) is 35.7 Å². The van der Waals surface area contributed by atoms with Gasteiger partial charge >= 0.3 is 0 Å². The molecule has 3 aliphatic heterocycles. The summed E-state index contributed by atoms with van der Waals surface area (Å²) in [5, 5.41) is 22.7. The lowest BCUT2D eigenvalue weighted by Gasteiger charge is -2.30. The molecule has 10 aromatic rings. The number of benzene rings is 2. The van der Waals surface area contributed by atoms with Gasteiger partial charge in [0.1, 0.15) is 16.5 Å². The molecule has 3 saturated heterocycles. The number of fused-ring (bicyclic) bond motifs is 2. The molecule has 2 aromatic carbocycles. The Labute approximate surface area is 551 Å². The minimum atomic E-state index is -1.10. The van der Waals surface area contributed by atoms with E-state index in [2.05, 4.69) is 90.9 Å². The molecule has 482 valence electrons. The predicted molar refractivity (Wildman–Crippen MR) is 355 cm³/mol. The van der Waals surface area contributed by atoms with E-state index in [0.717, 1.165) is 126 Å². The first kappa shape index (κ1) is 70.4. The highest BCUT2D eigenvalue weighted by Gasteiger charge is 2.22. The lowest BCUT2D eigenvalue weighted by atomic mass is 10.0. The van der Waals surface area contributed by atoms with E-state index in [9.17, 15) is 22.4 Å². The number of piperidine rings is 2. The van der Waals surface area contributed by atoms with Gasteiger partial charge in [0, 0.05) is 81.9 Å². The van der Waals surface area contributed by atoms with Crippen molar-refractivity contribution in [3.63, 3.8) is 0 Å². The third-order valence-electron chi connectivity index (χ3n) is 14.9. The fraction of sp³-hybridized carbons (Fsp3) is 0.383. The highest BCUT2D eigenvalue weighted by molar-refractivity contribution is 7.10. The van der Waals surface area contributed by atoms with Gasteiger partial charge in [-0.15, -0.1) is 49.6 Å². The van der Waals surface area contributed by atoms with Crippen molar-refractivity contribution >= 4 is 123 Å². The van der Waals surface area contributed by atoms with Crippen LogP contribution >= 0.6 is 72.7 Å². The molecule has 0 radical (unpaired) electrons. The number of ether oxygens (including phenoxy) is 1. The van der Waals surface area contributed by atoms with Gasteiger partial charge in [-0.25, -0.2) is 37.5 Å². The van der Waals surface area contributed by atoms with Crippen molar-refractivity contribution in [3.05, 3.63) is 144 Å². The number of aromatic nitrogens is 12. The monoisotopic (exact) mass is 1360 g/mol. The molecule has 0 bridgehead atoms. The first-order valence-corrected chi connectivity index (χ1v) is 30.4. The third kappa shape index (κ3) is 17.9. The van der Waals surface area contributed by atoms with E-state index in [4.69, 9.17) is 9.72 Å². The van der Waals surface area contributed by atoms with Crippen LogP contribution in [0.3, 0.4) is 0 Å². The number of carbonyl (C=O) groups is 1. The number of rotatable bonds is 17. The predicted octanol–water partition coefficient (Wildman–Crippen LogP) is 13.5. The molecule has 3 fully saturated rings. The number of hydrogen-bond donors (Lipinski definition) is 4. The fourth-order valence-electron chi connectivity index (χ4n) is 10.8. The number of imidazole rings is 2. The minimum Gasteiger partial charge on any atom is -0.381 e. The van der Waals surface area contributed by atoms with Crippen LogP contribution in [0.15, 0.2) is 98.1 Å². The summed E-state index contributed by atoms with van der Waals surface area (Å²) in [7, 11) is 0. The third-order valence-corrected chi connectivity index (χ3v) is 16.4. The second-order valence-corrected chi connectivity index (χ2v) is 23.7. The number of halogens is 8. The molecule has 0 spiro atoms. The molecule has 8 aromatic heterocycles. The number of nitrogens with one attached hydrogen (secondary N) is 4. The van der Waals surface area contributed by atoms with Gasteiger partial charge in [0.2, 0.25) is 5.91 Å². The summed E-state index contributed by atoms with van der Waals surface area (Å²) in [6, 6.07) is 11.9. The van der Waals surface area contributed by atoms with Crippen LogP contribution < -0.4 is 21.3 Å². The van der Waals surface area contributed by atoms with Crippen LogP contribution in [0.25, 0.3) is 33.8 Å². The number of amides is 1. The topological polar surface area (TPSA) is 203 Å². The summed E-state index contributed by atoms with van der Waals surface area (Å²) in [5.74, 6) is -1.69. The summed E-state index contributed by atoms with van der Waals surface area (Å²) in [6.45, 7) is 17.3. The fourth-order valence-corrected chi connectivity index (χ4v) is 12.2. The molecule has 11 heterocycles. The van der Waals surface area contributed by atoms with Crippen LogP contribution in [0, 0.1) is 49.0 Å². The molecule has 3 aliphatic rings. The van der Waals surface area contributed by atoms with Crippen molar-refractivity contribution in [1.82, 2.24) is 66.8 Å². The molecule has 4 N–H and O–H groups in total. The molecule has 1 amide bonds. The maximum Gasteiger partial charge on any atom is 0.246 e. The Morgan fingerprint density at radius 3 is 1.62 bits per heavy atom. The van der Waals surface area contributed by atoms with Crippen molar-refractivity contribution in [2.75, 3.05) is 67.2 Å². The molecule has 90 heavy (non-hydrogen) atoms. The average Bonchev–Trinajstić information content (AvgIpc) is 1.72. The van der Waals surface area contributed by atoms with Crippen molar-refractivity contribution in [1.29, 1.82) is 0 Å². The summed E-state index contributed by atoms with van der Waals surface area (Å²) in [4.78, 5) is 36.0. The summed E-state index contributed by atoms with van der Waals surface area (Å²) >= 11 is 2.84. The van der Waals surface area contributed by atoms with Gasteiger partial charge in [-0.1, -0.05) is 26.0 Å². The molecule has 13 rings (SSSR count). The number of anilines is 6. The van der Waals surface area contributed by atoms with Gasteiger partial charge in [-0.05, 0) is 137 Å². The highest BCUT2D eigenvalue weighted by Crippen LogP contribution is 2.31. The standard InChI is InChI=1S/C28H29F2N9OS.C28H31F2N9S.C4H8O.4ClH/c1-17-5-4-8-37(12-17)15-20-9-25(41-36-20)35-27-28-31-11-23(39(28)13-18(2)33-27)19-10-32-38(14-19)16-24(40)34-22-7-3-6-21(29)26(22)30;1-18-5-4-9-37(14-18)17-21-11-25(40-36-21)35-27-28-32-13-24(39(28)15-19(2)34-27)20-12-33-38(16-20)10-8-31-23-7-3-6-22(29)26(23)30;1-2-4-5-3-1;;;;/h3,6-7,9-11,13-14,17H,4-5,8,12,15-16H2,1-2H3,(H,33,35)(H,34,40);3,6-7,11-13,15-16,18,31H,4-5,8-10,14,17H2,1-2H3,(H,34,35);1-4H2;4*1H. The quantitative estimate of drug-likeness (QED) is 0.0627. The lowest BCUT2D eigenvalue weighted by Crippen LogP contribution is -2.33. The van der Waals surface area contributed by atoms with Crippen molar-refractivity contribution in [2.45, 2.75) is 92.4 Å². The Hall–Kier alpha value is -7.01. The SMILES string of the molecule is C1CCOC1.Cc1cn2c(-c3cnn(CC(=O)Nc4cccc(F)c4F)c3)cnc2c(Nc2cc(CN3CCCC(C)C3)ns2)n1.Cc1cn2c(-c3cnn(CCNc4cccc(F)c4F)c3)cnc2c(Nc2cc(CN3CCCC(C)C3)ns2)n1.Cl.Cl.Cl.Cl. The molecule has 30 heteroatoms. The number of hydrogen-bond acceptors (Lipinski definition) is 17. The molecule has 20 nitrogen and oxygen atoms in total. The Morgan fingerprint density at radius 1 is 0.633 bits per heavy atom. The van der Waals surface area contributed by atoms with Gasteiger partial charge in [0.25, 0.3) is 0 Å². The first-order chi connectivity index (χ1) is 41.7. The van der Waals surface area contributed by atoms with E-state index in [1.165, 1.54) is 90.5 Å². The Kier molecular flexibility index (Phi) is 25.7. The van der Waals surface area contributed by atoms with Crippen LogP contribution in [0.1, 0.15) is 75.1 Å². The van der Waals surface area contributed by atoms with Crippen LogP contribution in [-0.4, -0.2) is 119 Å². The molecular weight excluding hydrogens is 1290 g/mol. The average molecular weight is 1360 g/mol. The Bertz CT molecular complexity index is 3940. The van der Waals surface area contributed by atoms with Crippen LogP contribution in [-0.2, 0) is 35.7 Å². The summed E-state index contributed by atoms with van der Waals surface area (Å²) in [5.41, 5.74) is 8.24. The molecule has 0 saturated carbocycles. The largest absolute Gasteiger partial charge is 0.381 e. The van der Waals surface area contributed by atoms with Crippen molar-refractivity contribution in [3.8, 4) is 22.5 Å². The van der Waals surface area contributed by atoms with E-state index < -0.39 is 29.2 Å². The van der Waals surface area contributed by atoms with Gasteiger partial charge in [0.15, 0.2) is 46.2 Å². The Balaban J connectivity index is 0.000000228. The van der Waals surface area contributed by atoms with Crippen LogP contribution in [0.5, 0.6) is 0 Å². The summed E-state index contributed by atoms with van der Waals surface area (Å²) < 4.78 is 76.1. The first-order valence-electron chi connectivity index (χ1n) is 28.9. The normalized spacial score (nSPS) is 15.7. The van der Waals surface area contributed by atoms with Gasteiger partial charge in [0.05, 0.1) is 76.9 Å². The summed E-state index contributed by atoms with van der Waals surface area (Å²) in [6.07, 6.45) is 22.0. The van der Waals surface area contributed by atoms with Gasteiger partial charge in [-0.3, -0.25) is 32.8 Å². The zero-order chi connectivity index (χ0) is 59.7. The van der Waals surface area contributed by atoms with Gasteiger partial charge in [-0.2, -0.15) is 18.9 Å². The van der Waals surface area contributed by atoms with Crippen LogP contribution in [0.4, 0.5) is 50.6 Å². The van der Waals surface area contributed by atoms with E-state index in [-0.39, 0.29) is 67.5 Å². The van der Waals surface area contributed by atoms with Gasteiger partial charge < -0.3 is 26.0 Å². The zero-order valence-electron chi connectivity index (χ0n) is 50.0. The van der Waals surface area contributed by atoms with Crippen molar-refractivity contribution < 1.29 is 27.1 Å². The number of aryl methyl sites for hydroxylation is 2. The van der Waals surface area contributed by atoms with E-state index >= 15 is 0 Å². The number of carbonyl (C=O) groups excluding carboxylic acids is 1. The van der Waals surface area contributed by atoms with Crippen LogP contribution in [0.2, 0.25) is 0 Å².